The molecular weight excluding hydrogens is 142 g/mol. The van der Waals surface area contributed by atoms with Crippen molar-refractivity contribution >= 4 is 5.97 Å². The topological polar surface area (TPSA) is 53.0 Å². The number of hydrogen-bond acceptors (Lipinski definition) is 3. The minimum Gasteiger partial charge on any atom is -0.543 e. The number of rotatable bonds is 1. The quantitative estimate of drug-likeness (QED) is 0.498. The molecule has 0 radical (unpaired) electrons. The van der Waals surface area contributed by atoms with E-state index in [0.29, 0.717) is 5.69 Å². The second-order valence-corrected chi connectivity index (χ2v) is 1.84. The highest BCUT2D eigenvalue weighted by molar-refractivity contribution is 5.83. The Kier molecular flexibility index (Phi) is 1.88. The van der Waals surface area contributed by atoms with Gasteiger partial charge in [-0.25, -0.2) is 4.98 Å². The van der Waals surface area contributed by atoms with Gasteiger partial charge in [0.05, 0.1) is 11.7 Å². The smallest absolute Gasteiger partial charge is 0.113 e. The lowest BCUT2D eigenvalue weighted by molar-refractivity contribution is -0.255. The number of terminal acetylenes is 1. The summed E-state index contributed by atoms with van der Waals surface area (Å²) in [5.41, 5.74) is 0.159. The lowest BCUT2D eigenvalue weighted by atomic mass is 10.3. The van der Waals surface area contributed by atoms with E-state index in [9.17, 15) is 9.90 Å². The molecule has 0 spiro atoms. The van der Waals surface area contributed by atoms with Crippen molar-refractivity contribution in [1.29, 1.82) is 0 Å². The summed E-state index contributed by atoms with van der Waals surface area (Å²) < 4.78 is 0. The summed E-state index contributed by atoms with van der Waals surface area (Å²) in [7, 11) is 0. The van der Waals surface area contributed by atoms with Crippen LogP contribution in [0.15, 0.2) is 18.2 Å². The molecule has 0 saturated carbocycles. The molecule has 0 unspecified atom stereocenters. The van der Waals surface area contributed by atoms with E-state index in [1.807, 2.05) is 0 Å². The summed E-state index contributed by atoms with van der Waals surface area (Å²) in [5.74, 6) is 0.903. The van der Waals surface area contributed by atoms with Gasteiger partial charge in [-0.05, 0) is 12.1 Å². The van der Waals surface area contributed by atoms with E-state index in [4.69, 9.17) is 6.42 Å². The van der Waals surface area contributed by atoms with Gasteiger partial charge in [0.1, 0.15) is 5.69 Å². The summed E-state index contributed by atoms with van der Waals surface area (Å²) in [6, 6.07) is 4.40. The first-order chi connectivity index (χ1) is 5.24. The Morgan fingerprint density at radius 1 is 1.64 bits per heavy atom. The number of hydrogen-bond donors (Lipinski definition) is 0. The fraction of sp³-hybridized carbons (Fsp3) is 0. The normalized spacial score (nSPS) is 8.64. The molecule has 0 fully saturated rings. The summed E-state index contributed by atoms with van der Waals surface area (Å²) in [5, 5.41) is 10.2. The number of pyridine rings is 1. The maximum Gasteiger partial charge on any atom is 0.113 e. The number of carboxylic acids is 1. The molecule has 0 amide bonds. The van der Waals surface area contributed by atoms with E-state index in [1.54, 1.807) is 6.07 Å². The number of nitrogens with zero attached hydrogens (tertiary/aromatic N) is 1. The molecule has 0 aliphatic heterocycles. The molecule has 0 N–H and O–H groups in total. The lowest BCUT2D eigenvalue weighted by Gasteiger charge is -1.99. The van der Waals surface area contributed by atoms with Gasteiger partial charge in [0, 0.05) is 0 Å². The van der Waals surface area contributed by atoms with E-state index in [1.165, 1.54) is 12.1 Å². The Bertz CT molecular complexity index is 325. The Labute approximate surface area is 63.7 Å². The Morgan fingerprint density at radius 2 is 2.36 bits per heavy atom. The van der Waals surface area contributed by atoms with Gasteiger partial charge in [-0.3, -0.25) is 0 Å². The molecule has 0 saturated heterocycles. The third kappa shape index (κ3) is 1.55. The van der Waals surface area contributed by atoms with Crippen LogP contribution in [0.2, 0.25) is 0 Å². The fourth-order valence-corrected chi connectivity index (χ4v) is 0.629. The highest BCUT2D eigenvalue weighted by Crippen LogP contribution is 1.95. The van der Waals surface area contributed by atoms with Crippen LogP contribution in [0.3, 0.4) is 0 Å². The molecule has 3 nitrogen and oxygen atoms in total. The van der Waals surface area contributed by atoms with Crippen molar-refractivity contribution < 1.29 is 9.90 Å². The first-order valence-corrected chi connectivity index (χ1v) is 2.89. The number of aromatic nitrogens is 1. The van der Waals surface area contributed by atoms with Crippen molar-refractivity contribution in [2.75, 3.05) is 0 Å². The van der Waals surface area contributed by atoms with Crippen LogP contribution in [-0.4, -0.2) is 11.0 Å². The molecule has 1 aromatic rings. The molecule has 11 heavy (non-hydrogen) atoms. The van der Waals surface area contributed by atoms with Crippen molar-refractivity contribution in [3.8, 4) is 12.3 Å². The van der Waals surface area contributed by atoms with Crippen LogP contribution in [0.4, 0.5) is 0 Å². The maximum atomic E-state index is 10.2. The summed E-state index contributed by atoms with van der Waals surface area (Å²) >= 11 is 0. The molecule has 0 atom stereocenters. The van der Waals surface area contributed by atoms with E-state index < -0.39 is 5.97 Å². The molecule has 0 aliphatic carbocycles. The molecule has 0 bridgehead atoms. The number of carbonyl (C=O) groups is 1. The van der Waals surface area contributed by atoms with Gasteiger partial charge in [-0.1, -0.05) is 12.0 Å². The van der Waals surface area contributed by atoms with Crippen LogP contribution in [0.25, 0.3) is 0 Å². The second kappa shape index (κ2) is 2.84. The minimum atomic E-state index is -1.32. The zero-order chi connectivity index (χ0) is 8.27. The predicted octanol–water partition coefficient (Wildman–Crippen LogP) is -0.574. The van der Waals surface area contributed by atoms with E-state index >= 15 is 0 Å². The zero-order valence-corrected chi connectivity index (χ0v) is 5.57. The van der Waals surface area contributed by atoms with Gasteiger partial charge in [0.2, 0.25) is 0 Å². The molecule has 0 aliphatic rings. The van der Waals surface area contributed by atoms with Crippen LogP contribution in [-0.2, 0) is 0 Å². The largest absolute Gasteiger partial charge is 0.543 e. The van der Waals surface area contributed by atoms with E-state index in [2.05, 4.69) is 10.9 Å². The minimum absolute atomic E-state index is 0.138. The van der Waals surface area contributed by atoms with Crippen molar-refractivity contribution in [2.24, 2.45) is 0 Å². The van der Waals surface area contributed by atoms with Crippen molar-refractivity contribution in [3.63, 3.8) is 0 Å². The number of carboxylic acid groups (broad SMARTS) is 1. The van der Waals surface area contributed by atoms with Gasteiger partial charge in [0.15, 0.2) is 0 Å². The molecule has 1 heterocycles. The highest BCUT2D eigenvalue weighted by Gasteiger charge is 1.94. The SMILES string of the molecule is C#Cc1cccc(C(=O)[O-])n1. The van der Waals surface area contributed by atoms with Crippen LogP contribution in [0.1, 0.15) is 16.2 Å². The molecule has 54 valence electrons. The monoisotopic (exact) mass is 146 g/mol. The predicted molar refractivity (Wildman–Crippen MR) is 36.5 cm³/mol. The molecular formula is C8H4NO2-. The molecule has 0 aromatic carbocycles. The Hall–Kier alpha value is -1.82. The second-order valence-electron chi connectivity index (χ2n) is 1.84. The third-order valence-electron chi connectivity index (χ3n) is 1.11. The van der Waals surface area contributed by atoms with Crippen LogP contribution in [0, 0.1) is 12.3 Å². The average Bonchev–Trinajstić information content (AvgIpc) is 2.05. The highest BCUT2D eigenvalue weighted by atomic mass is 16.4. The maximum absolute atomic E-state index is 10.2. The summed E-state index contributed by atoms with van der Waals surface area (Å²) in [6.07, 6.45) is 4.99. The first-order valence-electron chi connectivity index (χ1n) is 2.89. The third-order valence-corrected chi connectivity index (χ3v) is 1.11. The number of aromatic carboxylic acids is 1. The standard InChI is InChI=1S/C8H5NO2/c1-2-6-4-3-5-7(9-6)8(10)11/h1,3-5H,(H,10,11)/p-1. The lowest BCUT2D eigenvalue weighted by Crippen LogP contribution is -2.23. The van der Waals surface area contributed by atoms with Gasteiger partial charge >= 0.3 is 0 Å². The Balaban J connectivity index is 3.13. The summed E-state index contributed by atoms with van der Waals surface area (Å²) in [4.78, 5) is 13.8. The van der Waals surface area contributed by atoms with Gasteiger partial charge in [-0.2, -0.15) is 0 Å². The molecule has 1 aromatic heterocycles. The molecule has 3 heteroatoms. The van der Waals surface area contributed by atoms with E-state index in [0.717, 1.165) is 0 Å². The first kappa shape index (κ1) is 7.29. The number of carbonyl (C=O) groups excluding carboxylic acids is 1. The van der Waals surface area contributed by atoms with Crippen LogP contribution in [0.5, 0.6) is 0 Å². The van der Waals surface area contributed by atoms with Crippen LogP contribution < -0.4 is 5.11 Å². The van der Waals surface area contributed by atoms with Crippen molar-refractivity contribution in [3.05, 3.63) is 29.6 Å². The van der Waals surface area contributed by atoms with E-state index in [-0.39, 0.29) is 5.69 Å². The van der Waals surface area contributed by atoms with Gasteiger partial charge in [0.25, 0.3) is 0 Å². The summed E-state index contributed by atoms with van der Waals surface area (Å²) in [6.45, 7) is 0. The Morgan fingerprint density at radius 3 is 2.91 bits per heavy atom. The molecule has 1 rings (SSSR count). The average molecular weight is 146 g/mol. The van der Waals surface area contributed by atoms with Crippen LogP contribution >= 0.6 is 0 Å². The van der Waals surface area contributed by atoms with Crippen molar-refractivity contribution in [2.45, 2.75) is 0 Å². The zero-order valence-electron chi connectivity index (χ0n) is 5.57. The van der Waals surface area contributed by atoms with Crippen molar-refractivity contribution in [1.82, 2.24) is 4.98 Å². The van der Waals surface area contributed by atoms with Gasteiger partial charge in [-0.15, -0.1) is 6.42 Å². The van der Waals surface area contributed by atoms with Gasteiger partial charge < -0.3 is 9.90 Å². The fourth-order valence-electron chi connectivity index (χ4n) is 0.629.